The van der Waals surface area contributed by atoms with Crippen molar-refractivity contribution in [1.82, 2.24) is 15.2 Å². The summed E-state index contributed by atoms with van der Waals surface area (Å²) in [4.78, 5) is 22.7. The Hall–Kier alpha value is -2.91. The van der Waals surface area contributed by atoms with Crippen LogP contribution >= 0.6 is 23.2 Å². The third-order valence-corrected chi connectivity index (χ3v) is 8.91. The van der Waals surface area contributed by atoms with E-state index in [0.717, 1.165) is 44.3 Å². The highest BCUT2D eigenvalue weighted by molar-refractivity contribution is 6.33. The largest absolute Gasteiger partial charge is 0.489 e. The van der Waals surface area contributed by atoms with Crippen LogP contribution in [0.25, 0.3) is 11.3 Å². The van der Waals surface area contributed by atoms with E-state index in [1.807, 2.05) is 18.2 Å². The predicted octanol–water partition coefficient (Wildman–Crippen LogP) is 5.88. The zero-order valence-electron chi connectivity index (χ0n) is 23.3. The first-order chi connectivity index (χ1) is 20.3. The summed E-state index contributed by atoms with van der Waals surface area (Å²) in [5.41, 5.74) is 1.95. The van der Waals surface area contributed by atoms with Gasteiger partial charge in [0.05, 0.1) is 33.8 Å². The van der Waals surface area contributed by atoms with Crippen LogP contribution in [0.4, 0.5) is 10.2 Å². The molecule has 0 bridgehead atoms. The second-order valence-electron chi connectivity index (χ2n) is 11.5. The molecule has 1 aliphatic carbocycles. The minimum absolute atomic E-state index is 0.0896. The third kappa shape index (κ3) is 6.83. The van der Waals surface area contributed by atoms with Crippen molar-refractivity contribution >= 4 is 34.9 Å². The monoisotopic (exact) mass is 612 g/mol. The van der Waals surface area contributed by atoms with Gasteiger partial charge in [0.25, 0.3) is 0 Å². The molecule has 0 radical (unpaired) electrons. The molecule has 222 valence electrons. The Morgan fingerprint density at radius 1 is 1.02 bits per heavy atom. The van der Waals surface area contributed by atoms with Crippen LogP contribution in [-0.2, 0) is 4.79 Å². The van der Waals surface area contributed by atoms with Crippen LogP contribution in [0.1, 0.15) is 43.8 Å². The van der Waals surface area contributed by atoms with Crippen molar-refractivity contribution < 1.29 is 19.0 Å². The summed E-state index contributed by atoms with van der Waals surface area (Å²) in [6.07, 6.45) is 4.26. The molecular weight excluding hydrogens is 578 g/mol. The number of hydrogen-bond acceptors (Lipinski definition) is 6. The highest BCUT2D eigenvalue weighted by Gasteiger charge is 2.34. The molecule has 3 aliphatic rings. The molecule has 3 fully saturated rings. The second kappa shape index (κ2) is 12.8. The van der Waals surface area contributed by atoms with Crippen LogP contribution in [0.5, 0.6) is 5.75 Å². The number of amides is 1. The first-order valence-corrected chi connectivity index (χ1v) is 15.4. The number of aliphatic hydroxyl groups is 1. The molecule has 0 spiro atoms. The Labute approximate surface area is 255 Å². The molecule has 2 saturated heterocycles. The fourth-order valence-corrected chi connectivity index (χ4v) is 6.21. The SMILES string of the molecule is O=C(N[C@H](CN1CCCC1)[C@H](O)c1ccc(OC2CC2)c(Cl)c1)[C@@H]1CCN(c2ccc(Cl)c(-c3ccc(F)cc3)n2)C1. The van der Waals surface area contributed by atoms with Gasteiger partial charge < -0.3 is 25.0 Å². The van der Waals surface area contributed by atoms with Gasteiger partial charge in [-0.25, -0.2) is 9.37 Å². The van der Waals surface area contributed by atoms with Crippen LogP contribution < -0.4 is 15.0 Å². The Morgan fingerprint density at radius 3 is 2.50 bits per heavy atom. The van der Waals surface area contributed by atoms with Crippen molar-refractivity contribution in [2.24, 2.45) is 5.92 Å². The van der Waals surface area contributed by atoms with Crippen LogP contribution in [-0.4, -0.2) is 65.8 Å². The third-order valence-electron chi connectivity index (χ3n) is 8.31. The number of likely N-dealkylation sites (tertiary alicyclic amines) is 1. The fourth-order valence-electron chi connectivity index (χ4n) is 5.76. The van der Waals surface area contributed by atoms with Gasteiger partial charge in [-0.05, 0) is 99.3 Å². The molecule has 42 heavy (non-hydrogen) atoms. The average Bonchev–Trinajstić information content (AvgIpc) is 3.41. The van der Waals surface area contributed by atoms with E-state index in [1.165, 1.54) is 12.1 Å². The van der Waals surface area contributed by atoms with Gasteiger partial charge in [0.1, 0.15) is 23.5 Å². The topological polar surface area (TPSA) is 77.9 Å². The van der Waals surface area contributed by atoms with Crippen LogP contribution in [0.2, 0.25) is 10.0 Å². The number of carbonyl (C=O) groups excluding carboxylic acids is 1. The first kappa shape index (κ1) is 29.2. The lowest BCUT2D eigenvalue weighted by Gasteiger charge is -2.30. The molecule has 2 aliphatic heterocycles. The lowest BCUT2D eigenvalue weighted by Crippen LogP contribution is -2.48. The molecule has 2 N–H and O–H groups in total. The number of nitrogens with one attached hydrogen (secondary N) is 1. The van der Waals surface area contributed by atoms with Crippen LogP contribution in [0, 0.1) is 11.7 Å². The molecule has 1 aromatic heterocycles. The van der Waals surface area contributed by atoms with Crippen molar-refractivity contribution in [2.75, 3.05) is 37.6 Å². The number of carbonyl (C=O) groups is 1. The Morgan fingerprint density at radius 2 is 1.79 bits per heavy atom. The number of halogens is 3. The summed E-state index contributed by atoms with van der Waals surface area (Å²) in [7, 11) is 0. The molecule has 10 heteroatoms. The van der Waals surface area contributed by atoms with Crippen molar-refractivity contribution in [3.63, 3.8) is 0 Å². The lowest BCUT2D eigenvalue weighted by molar-refractivity contribution is -0.126. The molecule has 0 unspecified atom stereocenters. The van der Waals surface area contributed by atoms with Gasteiger partial charge in [0.15, 0.2) is 0 Å². The summed E-state index contributed by atoms with van der Waals surface area (Å²) in [6, 6.07) is 14.6. The Kier molecular flexibility index (Phi) is 8.86. The van der Waals surface area contributed by atoms with Crippen molar-refractivity contribution in [2.45, 2.75) is 50.4 Å². The number of ether oxygens (including phenoxy) is 1. The maximum atomic E-state index is 13.6. The second-order valence-corrected chi connectivity index (χ2v) is 12.3. The van der Waals surface area contributed by atoms with Crippen LogP contribution in [0.15, 0.2) is 54.6 Å². The highest BCUT2D eigenvalue weighted by atomic mass is 35.5. The summed E-state index contributed by atoms with van der Waals surface area (Å²) < 4.78 is 19.3. The fraction of sp³-hybridized carbons (Fsp3) is 0.438. The molecular formula is C32H35Cl2FN4O3. The van der Waals surface area contributed by atoms with Gasteiger partial charge in [0.2, 0.25) is 5.91 Å². The smallest absolute Gasteiger partial charge is 0.225 e. The van der Waals surface area contributed by atoms with E-state index >= 15 is 0 Å². The lowest BCUT2D eigenvalue weighted by atomic mass is 10.00. The average molecular weight is 614 g/mol. The molecule has 1 amide bonds. The van der Waals surface area contributed by atoms with E-state index in [-0.39, 0.29) is 23.7 Å². The van der Waals surface area contributed by atoms with Gasteiger partial charge in [-0.1, -0.05) is 29.3 Å². The van der Waals surface area contributed by atoms with Gasteiger partial charge >= 0.3 is 0 Å². The molecule has 3 aromatic rings. The number of anilines is 1. The maximum absolute atomic E-state index is 13.6. The van der Waals surface area contributed by atoms with Crippen molar-refractivity contribution in [1.29, 1.82) is 0 Å². The summed E-state index contributed by atoms with van der Waals surface area (Å²) in [6.45, 7) is 3.61. The quantitative estimate of drug-likeness (QED) is 0.298. The Balaban J connectivity index is 1.14. The molecule has 7 nitrogen and oxygen atoms in total. The van der Waals surface area contributed by atoms with E-state index in [2.05, 4.69) is 15.1 Å². The van der Waals surface area contributed by atoms with E-state index in [9.17, 15) is 14.3 Å². The van der Waals surface area contributed by atoms with Gasteiger partial charge in [-0.15, -0.1) is 0 Å². The molecule has 6 rings (SSSR count). The molecule has 1 saturated carbocycles. The number of nitrogens with zero attached hydrogens (tertiary/aromatic N) is 3. The molecule has 3 atom stereocenters. The van der Waals surface area contributed by atoms with Crippen molar-refractivity contribution in [3.05, 3.63) is 76.0 Å². The van der Waals surface area contributed by atoms with E-state index < -0.39 is 12.1 Å². The van der Waals surface area contributed by atoms with Crippen LogP contribution in [0.3, 0.4) is 0 Å². The summed E-state index contributed by atoms with van der Waals surface area (Å²) in [5.74, 6) is 0.664. The van der Waals surface area contributed by atoms with Gasteiger partial charge in [0, 0.05) is 25.2 Å². The molecule has 3 heterocycles. The van der Waals surface area contributed by atoms with E-state index in [1.54, 1.807) is 24.3 Å². The number of pyridine rings is 1. The van der Waals surface area contributed by atoms with E-state index in [4.69, 9.17) is 32.9 Å². The predicted molar refractivity (Wildman–Crippen MR) is 163 cm³/mol. The number of rotatable bonds is 10. The summed E-state index contributed by atoms with van der Waals surface area (Å²) >= 11 is 12.9. The minimum Gasteiger partial charge on any atom is -0.489 e. The molecule has 2 aromatic carbocycles. The zero-order valence-corrected chi connectivity index (χ0v) is 24.8. The number of benzene rings is 2. The van der Waals surface area contributed by atoms with Gasteiger partial charge in [-0.3, -0.25) is 4.79 Å². The minimum atomic E-state index is -0.921. The normalized spacial score (nSPS) is 20.5. The standard InChI is InChI=1S/C32H35Cl2FN4O3/c33-25-10-12-29(37-30(25)20-3-6-23(35)7-4-20)39-16-13-22(18-39)32(41)36-27(19-38-14-1-2-15-38)31(40)21-5-11-28(26(34)17-21)42-24-8-9-24/h3-7,10-12,17,22,24,27,31,40H,1-2,8-9,13-16,18-19H2,(H,36,41)/t22-,27-,31-/m1/s1. The summed E-state index contributed by atoms with van der Waals surface area (Å²) in [5, 5.41) is 15.6. The number of hydrogen-bond donors (Lipinski definition) is 2. The number of aliphatic hydroxyl groups excluding tert-OH is 1. The maximum Gasteiger partial charge on any atom is 0.225 e. The number of aromatic nitrogens is 1. The van der Waals surface area contributed by atoms with Crippen molar-refractivity contribution in [3.8, 4) is 17.0 Å². The van der Waals surface area contributed by atoms with Gasteiger partial charge in [-0.2, -0.15) is 0 Å². The zero-order chi connectivity index (χ0) is 29.2. The van der Waals surface area contributed by atoms with E-state index in [0.29, 0.717) is 58.9 Å². The highest BCUT2D eigenvalue weighted by Crippen LogP contribution is 2.35. The first-order valence-electron chi connectivity index (χ1n) is 14.7. The Bertz CT molecular complexity index is 1420.